The van der Waals surface area contributed by atoms with Crippen LogP contribution in [0.2, 0.25) is 0 Å². The third kappa shape index (κ3) is 3.92. The number of sulfonamides is 1. The molecule has 108 valence electrons. The predicted molar refractivity (Wildman–Crippen MR) is 76.2 cm³/mol. The van der Waals surface area contributed by atoms with Gasteiger partial charge in [0.2, 0.25) is 10.0 Å². The second-order valence-electron chi connectivity index (χ2n) is 4.63. The van der Waals surface area contributed by atoms with E-state index in [9.17, 15) is 8.42 Å². The van der Waals surface area contributed by atoms with Crippen molar-refractivity contribution in [1.29, 1.82) is 0 Å². The molecule has 6 heteroatoms. The molecular formula is C13H22N2O3S. The lowest BCUT2D eigenvalue weighted by atomic mass is 10.1. The number of aryl methyl sites for hydroxylation is 2. The minimum Gasteiger partial charge on any atom is -0.496 e. The van der Waals surface area contributed by atoms with Gasteiger partial charge in [-0.2, -0.15) is 0 Å². The summed E-state index contributed by atoms with van der Waals surface area (Å²) in [6.07, 6.45) is 0. The number of benzene rings is 1. The fraction of sp³-hybridized carbons (Fsp3) is 0.538. The minimum absolute atomic E-state index is 0.0789. The van der Waals surface area contributed by atoms with Crippen LogP contribution in [0.4, 0.5) is 0 Å². The van der Waals surface area contributed by atoms with Crippen LogP contribution in [0, 0.1) is 13.8 Å². The highest BCUT2D eigenvalue weighted by atomic mass is 32.2. The Kier molecular flexibility index (Phi) is 5.34. The van der Waals surface area contributed by atoms with Crippen molar-refractivity contribution in [2.24, 2.45) is 0 Å². The van der Waals surface area contributed by atoms with Gasteiger partial charge < -0.3 is 10.1 Å². The SMILES string of the molecule is CNC(C)CNS(=O)(=O)c1cc(C)c(OC)c(C)c1. The van der Waals surface area contributed by atoms with Crippen LogP contribution in [0.3, 0.4) is 0 Å². The van der Waals surface area contributed by atoms with Gasteiger partial charge in [-0.15, -0.1) is 0 Å². The van der Waals surface area contributed by atoms with Crippen LogP contribution in [-0.2, 0) is 10.0 Å². The van der Waals surface area contributed by atoms with E-state index in [0.29, 0.717) is 6.54 Å². The first-order valence-electron chi connectivity index (χ1n) is 6.14. The van der Waals surface area contributed by atoms with E-state index in [-0.39, 0.29) is 10.9 Å². The molecule has 2 N–H and O–H groups in total. The van der Waals surface area contributed by atoms with Crippen LogP contribution < -0.4 is 14.8 Å². The second kappa shape index (κ2) is 6.36. The molecule has 0 saturated heterocycles. The summed E-state index contributed by atoms with van der Waals surface area (Å²) >= 11 is 0. The van der Waals surface area contributed by atoms with E-state index in [1.54, 1.807) is 26.3 Å². The van der Waals surface area contributed by atoms with Crippen LogP contribution in [0.15, 0.2) is 17.0 Å². The van der Waals surface area contributed by atoms with E-state index in [1.807, 2.05) is 20.8 Å². The molecule has 1 rings (SSSR count). The van der Waals surface area contributed by atoms with E-state index < -0.39 is 10.0 Å². The smallest absolute Gasteiger partial charge is 0.240 e. The number of rotatable bonds is 6. The summed E-state index contributed by atoms with van der Waals surface area (Å²) in [6.45, 7) is 5.93. The maximum Gasteiger partial charge on any atom is 0.240 e. The normalized spacial score (nSPS) is 13.3. The number of nitrogens with one attached hydrogen (secondary N) is 2. The van der Waals surface area contributed by atoms with E-state index in [1.165, 1.54) is 0 Å². The van der Waals surface area contributed by atoms with E-state index >= 15 is 0 Å². The molecule has 0 aliphatic carbocycles. The molecule has 0 aromatic heterocycles. The van der Waals surface area contributed by atoms with Gasteiger partial charge in [-0.25, -0.2) is 13.1 Å². The fourth-order valence-corrected chi connectivity index (χ4v) is 3.11. The molecule has 0 fully saturated rings. The Hall–Kier alpha value is -1.11. The Bertz CT molecular complexity index is 518. The molecule has 1 unspecified atom stereocenters. The third-order valence-electron chi connectivity index (χ3n) is 3.02. The molecule has 1 aromatic carbocycles. The first-order valence-corrected chi connectivity index (χ1v) is 7.62. The van der Waals surface area contributed by atoms with E-state index in [0.717, 1.165) is 16.9 Å². The molecule has 1 aromatic rings. The second-order valence-corrected chi connectivity index (χ2v) is 6.40. The molecular weight excluding hydrogens is 264 g/mol. The van der Waals surface area contributed by atoms with Gasteiger partial charge in [-0.05, 0) is 51.1 Å². The molecule has 0 radical (unpaired) electrons. The Labute approximate surface area is 115 Å². The number of hydrogen-bond donors (Lipinski definition) is 2. The maximum atomic E-state index is 12.2. The van der Waals surface area contributed by atoms with Gasteiger partial charge in [0.1, 0.15) is 5.75 Å². The Morgan fingerprint density at radius 2 is 1.79 bits per heavy atom. The molecule has 0 saturated carbocycles. The van der Waals surface area contributed by atoms with Crippen molar-refractivity contribution >= 4 is 10.0 Å². The van der Waals surface area contributed by atoms with E-state index in [4.69, 9.17) is 4.74 Å². The first kappa shape index (κ1) is 15.9. The molecule has 1 atom stereocenters. The fourth-order valence-electron chi connectivity index (χ4n) is 1.81. The number of methoxy groups -OCH3 is 1. The van der Waals surface area contributed by atoms with Crippen LogP contribution in [0.1, 0.15) is 18.1 Å². The van der Waals surface area contributed by atoms with Gasteiger partial charge in [-0.1, -0.05) is 0 Å². The van der Waals surface area contributed by atoms with Crippen molar-refractivity contribution in [2.45, 2.75) is 31.7 Å². The highest BCUT2D eigenvalue weighted by molar-refractivity contribution is 7.89. The van der Waals surface area contributed by atoms with Gasteiger partial charge in [0.25, 0.3) is 0 Å². The molecule has 19 heavy (non-hydrogen) atoms. The monoisotopic (exact) mass is 286 g/mol. The van der Waals surface area contributed by atoms with Crippen molar-refractivity contribution < 1.29 is 13.2 Å². The summed E-state index contributed by atoms with van der Waals surface area (Å²) < 4.78 is 32.2. The highest BCUT2D eigenvalue weighted by Gasteiger charge is 2.17. The molecule has 5 nitrogen and oxygen atoms in total. The highest BCUT2D eigenvalue weighted by Crippen LogP contribution is 2.26. The van der Waals surface area contributed by atoms with Crippen molar-refractivity contribution in [3.8, 4) is 5.75 Å². The van der Waals surface area contributed by atoms with Crippen molar-refractivity contribution in [2.75, 3.05) is 20.7 Å². The summed E-state index contributed by atoms with van der Waals surface area (Å²) in [4.78, 5) is 0.270. The summed E-state index contributed by atoms with van der Waals surface area (Å²) in [5.41, 5.74) is 1.62. The van der Waals surface area contributed by atoms with Gasteiger partial charge in [0.05, 0.1) is 12.0 Å². The lowest BCUT2D eigenvalue weighted by molar-refractivity contribution is 0.408. The van der Waals surface area contributed by atoms with Crippen LogP contribution >= 0.6 is 0 Å². The average molecular weight is 286 g/mol. The average Bonchev–Trinajstić information content (AvgIpc) is 2.35. The summed E-state index contributed by atoms with van der Waals surface area (Å²) in [5, 5.41) is 2.98. The van der Waals surface area contributed by atoms with Crippen LogP contribution in [0.5, 0.6) is 5.75 Å². The van der Waals surface area contributed by atoms with Crippen molar-refractivity contribution in [3.05, 3.63) is 23.3 Å². The largest absolute Gasteiger partial charge is 0.496 e. The lowest BCUT2D eigenvalue weighted by Gasteiger charge is -2.14. The topological polar surface area (TPSA) is 67.4 Å². The van der Waals surface area contributed by atoms with Crippen LogP contribution in [0.25, 0.3) is 0 Å². The van der Waals surface area contributed by atoms with E-state index in [2.05, 4.69) is 10.0 Å². The van der Waals surface area contributed by atoms with Crippen LogP contribution in [-0.4, -0.2) is 35.2 Å². The Morgan fingerprint density at radius 1 is 1.26 bits per heavy atom. The predicted octanol–water partition coefficient (Wildman–Crippen LogP) is 1.20. The number of likely N-dealkylation sites (N-methyl/N-ethyl adjacent to an activating group) is 1. The van der Waals surface area contributed by atoms with Gasteiger partial charge in [-0.3, -0.25) is 0 Å². The lowest BCUT2D eigenvalue weighted by Crippen LogP contribution is -2.37. The zero-order valence-electron chi connectivity index (χ0n) is 12.1. The van der Waals surface area contributed by atoms with Crippen molar-refractivity contribution in [3.63, 3.8) is 0 Å². The molecule has 0 bridgehead atoms. The van der Waals surface area contributed by atoms with Crippen molar-refractivity contribution in [1.82, 2.24) is 10.0 Å². The Morgan fingerprint density at radius 3 is 2.21 bits per heavy atom. The zero-order chi connectivity index (χ0) is 14.6. The summed E-state index contributed by atoms with van der Waals surface area (Å²) in [5.74, 6) is 0.725. The Balaban J connectivity index is 3.02. The summed E-state index contributed by atoms with van der Waals surface area (Å²) in [7, 11) is -0.109. The quantitative estimate of drug-likeness (QED) is 0.824. The standard InChI is InChI=1S/C13H22N2O3S/c1-9-6-12(7-10(2)13(9)18-5)19(16,17)15-8-11(3)14-4/h6-7,11,14-15H,8H2,1-5H3. The zero-order valence-corrected chi connectivity index (χ0v) is 12.9. The van der Waals surface area contributed by atoms with Gasteiger partial charge in [0.15, 0.2) is 0 Å². The van der Waals surface area contributed by atoms with Gasteiger partial charge >= 0.3 is 0 Å². The molecule has 0 aliphatic rings. The summed E-state index contributed by atoms with van der Waals surface area (Å²) in [6, 6.07) is 3.33. The minimum atomic E-state index is -3.48. The first-order chi connectivity index (χ1) is 8.81. The maximum absolute atomic E-state index is 12.2. The number of hydrogen-bond acceptors (Lipinski definition) is 4. The molecule has 0 amide bonds. The van der Waals surface area contributed by atoms with Gasteiger partial charge in [0, 0.05) is 12.6 Å². The molecule has 0 heterocycles. The third-order valence-corrected chi connectivity index (χ3v) is 4.42. The molecule has 0 aliphatic heterocycles. The number of ether oxygens (including phenoxy) is 1. The molecule has 0 spiro atoms.